The summed E-state index contributed by atoms with van der Waals surface area (Å²) in [5, 5.41) is 2.69. The molecule has 1 aliphatic rings. The van der Waals surface area contributed by atoms with Crippen molar-refractivity contribution in [3.8, 4) is 0 Å². The maximum Gasteiger partial charge on any atom is 0.416 e. The van der Waals surface area contributed by atoms with Gasteiger partial charge in [-0.05, 0) is 43.5 Å². The highest BCUT2D eigenvalue weighted by atomic mass is 19.4. The summed E-state index contributed by atoms with van der Waals surface area (Å²) in [6, 6.07) is 11.2. The first-order valence-electron chi connectivity index (χ1n) is 9.18. The number of nitrogens with one attached hydrogen (secondary N) is 1. The minimum atomic E-state index is -4.41. The fourth-order valence-electron chi connectivity index (χ4n) is 3.21. The van der Waals surface area contributed by atoms with Gasteiger partial charge in [-0.15, -0.1) is 0 Å². The highest BCUT2D eigenvalue weighted by Crippen LogP contribution is 2.36. The van der Waals surface area contributed by atoms with E-state index >= 15 is 0 Å². The molecule has 1 saturated carbocycles. The number of alkyl halides is 3. The van der Waals surface area contributed by atoms with Crippen LogP contribution < -0.4 is 5.32 Å². The van der Waals surface area contributed by atoms with Gasteiger partial charge in [-0.25, -0.2) is 4.39 Å². The Bertz CT molecular complexity index is 833. The fourth-order valence-corrected chi connectivity index (χ4v) is 3.21. The van der Waals surface area contributed by atoms with Crippen LogP contribution in [0.15, 0.2) is 48.5 Å². The van der Waals surface area contributed by atoms with Crippen LogP contribution in [0, 0.1) is 5.82 Å². The van der Waals surface area contributed by atoms with E-state index in [1.807, 2.05) is 4.90 Å². The van der Waals surface area contributed by atoms with Crippen molar-refractivity contribution in [2.45, 2.75) is 44.6 Å². The van der Waals surface area contributed by atoms with Crippen molar-refractivity contribution < 1.29 is 22.4 Å². The molecular formula is C21H22F4N2O. The Morgan fingerprint density at radius 3 is 2.54 bits per heavy atom. The lowest BCUT2D eigenvalue weighted by Gasteiger charge is -2.29. The van der Waals surface area contributed by atoms with E-state index in [1.165, 1.54) is 12.1 Å². The molecule has 1 atom stereocenters. The van der Waals surface area contributed by atoms with Crippen molar-refractivity contribution in [3.05, 3.63) is 71.0 Å². The van der Waals surface area contributed by atoms with E-state index in [1.54, 1.807) is 31.2 Å². The summed E-state index contributed by atoms with van der Waals surface area (Å²) in [5.41, 5.74) is 0.208. The molecule has 0 bridgehead atoms. The molecule has 0 spiro atoms. The quantitative estimate of drug-likeness (QED) is 0.692. The van der Waals surface area contributed by atoms with Crippen LogP contribution in [0.5, 0.6) is 0 Å². The first-order chi connectivity index (χ1) is 13.3. The number of amides is 1. The monoisotopic (exact) mass is 394 g/mol. The Balaban J connectivity index is 1.66. The van der Waals surface area contributed by atoms with E-state index in [0.29, 0.717) is 11.1 Å². The summed E-state index contributed by atoms with van der Waals surface area (Å²) in [7, 11) is 0. The zero-order valence-corrected chi connectivity index (χ0v) is 15.5. The Morgan fingerprint density at radius 2 is 1.89 bits per heavy atom. The molecule has 0 saturated heterocycles. The van der Waals surface area contributed by atoms with E-state index in [4.69, 9.17) is 0 Å². The van der Waals surface area contributed by atoms with Crippen LogP contribution in [0.4, 0.5) is 17.6 Å². The number of halogens is 4. The average Bonchev–Trinajstić information content (AvgIpc) is 3.49. The molecule has 1 fully saturated rings. The number of carbonyl (C=O) groups excluding carboxylic acids is 1. The molecule has 0 heterocycles. The van der Waals surface area contributed by atoms with Crippen molar-refractivity contribution in [2.24, 2.45) is 0 Å². The number of hydrogen-bond donors (Lipinski definition) is 1. The van der Waals surface area contributed by atoms with E-state index in [0.717, 1.165) is 25.0 Å². The van der Waals surface area contributed by atoms with Gasteiger partial charge in [0.05, 0.1) is 12.1 Å². The number of carbonyl (C=O) groups is 1. The van der Waals surface area contributed by atoms with Gasteiger partial charge in [-0.1, -0.05) is 30.3 Å². The molecule has 1 amide bonds. The molecule has 1 unspecified atom stereocenters. The molecule has 2 aromatic carbocycles. The number of rotatable bonds is 7. The van der Waals surface area contributed by atoms with E-state index in [-0.39, 0.29) is 36.9 Å². The Hall–Kier alpha value is -2.41. The molecular weight excluding hydrogens is 372 g/mol. The highest BCUT2D eigenvalue weighted by molar-refractivity contribution is 5.78. The highest BCUT2D eigenvalue weighted by Gasteiger charge is 2.35. The predicted molar refractivity (Wildman–Crippen MR) is 97.8 cm³/mol. The Labute approximate surface area is 161 Å². The van der Waals surface area contributed by atoms with Crippen LogP contribution in [-0.2, 0) is 17.5 Å². The maximum atomic E-state index is 13.7. The molecule has 28 heavy (non-hydrogen) atoms. The van der Waals surface area contributed by atoms with Gasteiger partial charge in [0.2, 0.25) is 5.91 Å². The van der Waals surface area contributed by atoms with Gasteiger partial charge in [0.25, 0.3) is 0 Å². The molecule has 1 N–H and O–H groups in total. The maximum absolute atomic E-state index is 13.7. The average molecular weight is 394 g/mol. The molecule has 0 aromatic heterocycles. The third kappa shape index (κ3) is 5.10. The summed E-state index contributed by atoms with van der Waals surface area (Å²) in [5.74, 6) is -0.673. The SMILES string of the molecule is CC(c1cccc(C(F)(F)F)c1)N(CC(=O)NCc1ccccc1F)C1CC1. The molecule has 2 aromatic rings. The largest absolute Gasteiger partial charge is 0.416 e. The van der Waals surface area contributed by atoms with Gasteiger partial charge in [-0.2, -0.15) is 13.2 Å². The fraction of sp³-hybridized carbons (Fsp3) is 0.381. The first kappa shape index (κ1) is 20.3. The van der Waals surface area contributed by atoms with Crippen molar-refractivity contribution in [3.63, 3.8) is 0 Å². The van der Waals surface area contributed by atoms with Crippen molar-refractivity contribution in [1.29, 1.82) is 0 Å². The molecule has 3 rings (SSSR count). The zero-order chi connectivity index (χ0) is 20.3. The summed E-state index contributed by atoms with van der Waals surface area (Å²) in [6.45, 7) is 1.93. The van der Waals surface area contributed by atoms with Crippen molar-refractivity contribution in [1.82, 2.24) is 10.2 Å². The van der Waals surface area contributed by atoms with Crippen LogP contribution in [0.1, 0.15) is 42.5 Å². The minimum Gasteiger partial charge on any atom is -0.351 e. The predicted octanol–water partition coefficient (Wildman–Crippen LogP) is 4.69. The molecule has 1 aliphatic carbocycles. The van der Waals surface area contributed by atoms with E-state index < -0.39 is 11.7 Å². The Morgan fingerprint density at radius 1 is 1.18 bits per heavy atom. The summed E-state index contributed by atoms with van der Waals surface area (Å²) < 4.78 is 52.7. The van der Waals surface area contributed by atoms with Gasteiger partial charge in [0.15, 0.2) is 0 Å². The van der Waals surface area contributed by atoms with Gasteiger partial charge in [0.1, 0.15) is 5.82 Å². The van der Waals surface area contributed by atoms with Crippen LogP contribution >= 0.6 is 0 Å². The summed E-state index contributed by atoms with van der Waals surface area (Å²) in [4.78, 5) is 14.3. The third-order valence-corrected chi connectivity index (χ3v) is 4.97. The van der Waals surface area contributed by atoms with Gasteiger partial charge in [-0.3, -0.25) is 9.69 Å². The molecule has 150 valence electrons. The molecule has 0 radical (unpaired) electrons. The number of benzene rings is 2. The lowest BCUT2D eigenvalue weighted by Crippen LogP contribution is -2.39. The summed E-state index contributed by atoms with van der Waals surface area (Å²) in [6.07, 6.45) is -2.59. The summed E-state index contributed by atoms with van der Waals surface area (Å²) >= 11 is 0. The van der Waals surface area contributed by atoms with E-state index in [9.17, 15) is 22.4 Å². The second-order valence-corrected chi connectivity index (χ2v) is 7.07. The van der Waals surface area contributed by atoms with E-state index in [2.05, 4.69) is 5.32 Å². The Kier molecular flexibility index (Phi) is 6.03. The lowest BCUT2D eigenvalue weighted by atomic mass is 10.0. The van der Waals surface area contributed by atoms with Crippen LogP contribution in [0.2, 0.25) is 0 Å². The second kappa shape index (κ2) is 8.31. The molecule has 7 heteroatoms. The van der Waals surface area contributed by atoms with Gasteiger partial charge < -0.3 is 5.32 Å². The second-order valence-electron chi connectivity index (χ2n) is 7.07. The number of nitrogens with zero attached hydrogens (tertiary/aromatic N) is 1. The third-order valence-electron chi connectivity index (χ3n) is 4.97. The molecule has 0 aliphatic heterocycles. The normalized spacial score (nSPS) is 15.5. The smallest absolute Gasteiger partial charge is 0.351 e. The lowest BCUT2D eigenvalue weighted by molar-refractivity contribution is -0.137. The van der Waals surface area contributed by atoms with Gasteiger partial charge in [0, 0.05) is 24.2 Å². The first-order valence-corrected chi connectivity index (χ1v) is 9.18. The van der Waals surface area contributed by atoms with Crippen LogP contribution in [-0.4, -0.2) is 23.4 Å². The van der Waals surface area contributed by atoms with Gasteiger partial charge >= 0.3 is 6.18 Å². The van der Waals surface area contributed by atoms with Crippen molar-refractivity contribution in [2.75, 3.05) is 6.54 Å². The zero-order valence-electron chi connectivity index (χ0n) is 15.5. The van der Waals surface area contributed by atoms with Crippen LogP contribution in [0.25, 0.3) is 0 Å². The minimum absolute atomic E-state index is 0.0521. The van der Waals surface area contributed by atoms with Crippen molar-refractivity contribution >= 4 is 5.91 Å². The topological polar surface area (TPSA) is 32.3 Å². The standard InChI is InChI=1S/C21H22F4N2O/c1-14(15-6-4-7-17(11-15)21(23,24)25)27(18-9-10-18)13-20(28)26-12-16-5-2-3-8-19(16)22/h2-8,11,14,18H,9-10,12-13H2,1H3,(H,26,28). The number of hydrogen-bond acceptors (Lipinski definition) is 2. The van der Waals surface area contributed by atoms with Crippen LogP contribution in [0.3, 0.4) is 0 Å². The molecule has 3 nitrogen and oxygen atoms in total.